The van der Waals surface area contributed by atoms with Crippen LogP contribution >= 0.6 is 0 Å². The molecule has 2 nitrogen and oxygen atoms in total. The molecule has 0 aromatic heterocycles. The van der Waals surface area contributed by atoms with Gasteiger partial charge in [0.1, 0.15) is 11.6 Å². The van der Waals surface area contributed by atoms with Crippen molar-refractivity contribution in [3.8, 4) is 0 Å². The Hall–Kier alpha value is -0.920. The first-order valence-corrected chi connectivity index (χ1v) is 8.51. The van der Waals surface area contributed by atoms with E-state index in [4.69, 9.17) is 0 Å². The molecule has 3 aliphatic rings. The van der Waals surface area contributed by atoms with E-state index in [1.165, 1.54) is 24.8 Å². The van der Waals surface area contributed by atoms with Crippen molar-refractivity contribution in [1.29, 1.82) is 0 Å². The van der Waals surface area contributed by atoms with Crippen LogP contribution in [0.4, 0.5) is 0 Å². The molecule has 0 heterocycles. The van der Waals surface area contributed by atoms with E-state index in [1.54, 1.807) is 0 Å². The van der Waals surface area contributed by atoms with Gasteiger partial charge in [0.25, 0.3) is 0 Å². The number of rotatable bonds is 3. The number of hydrogen-bond donors (Lipinski definition) is 0. The zero-order valence-corrected chi connectivity index (χ0v) is 12.4. The summed E-state index contributed by atoms with van der Waals surface area (Å²) in [6, 6.07) is 0. The van der Waals surface area contributed by atoms with Gasteiger partial charge in [0, 0.05) is 24.2 Å². The van der Waals surface area contributed by atoms with E-state index in [1.807, 2.05) is 0 Å². The highest BCUT2D eigenvalue weighted by molar-refractivity contribution is 5.88. The maximum Gasteiger partial charge on any atom is 0.143 e. The minimum absolute atomic E-state index is 0.170. The van der Waals surface area contributed by atoms with E-state index in [9.17, 15) is 9.59 Å². The van der Waals surface area contributed by atoms with E-state index >= 15 is 0 Å². The Morgan fingerprint density at radius 3 is 2.45 bits per heavy atom. The lowest BCUT2D eigenvalue weighted by Gasteiger charge is -2.31. The third-order valence-electron chi connectivity index (χ3n) is 5.57. The molecule has 0 amide bonds. The van der Waals surface area contributed by atoms with Gasteiger partial charge in [-0.15, -0.1) is 0 Å². The number of carbonyl (C=O) groups excluding carboxylic acids is 2. The van der Waals surface area contributed by atoms with Crippen LogP contribution < -0.4 is 0 Å². The fourth-order valence-electron chi connectivity index (χ4n) is 4.40. The van der Waals surface area contributed by atoms with E-state index in [0.717, 1.165) is 51.4 Å². The van der Waals surface area contributed by atoms with Gasteiger partial charge in [0.2, 0.25) is 0 Å². The SMILES string of the molecule is O=C1CCC[C@H]1C[C@@H]1CCC[C@H](C2=CCCCC2)C1=O. The summed E-state index contributed by atoms with van der Waals surface area (Å²) in [6.45, 7) is 0. The molecule has 0 bridgehead atoms. The Morgan fingerprint density at radius 1 is 0.900 bits per heavy atom. The third kappa shape index (κ3) is 2.89. The van der Waals surface area contributed by atoms with E-state index < -0.39 is 0 Å². The second kappa shape index (κ2) is 6.24. The zero-order chi connectivity index (χ0) is 13.9. The highest BCUT2D eigenvalue weighted by Crippen LogP contribution is 2.39. The van der Waals surface area contributed by atoms with Crippen molar-refractivity contribution >= 4 is 11.6 Å². The molecule has 2 saturated carbocycles. The van der Waals surface area contributed by atoms with Crippen LogP contribution in [-0.4, -0.2) is 11.6 Å². The second-order valence-electron chi connectivity index (χ2n) is 6.90. The van der Waals surface area contributed by atoms with Gasteiger partial charge in [-0.3, -0.25) is 9.59 Å². The van der Waals surface area contributed by atoms with Crippen molar-refractivity contribution < 1.29 is 9.59 Å². The number of ketones is 2. The molecule has 3 rings (SSSR count). The average Bonchev–Trinajstić information content (AvgIpc) is 2.88. The largest absolute Gasteiger partial charge is 0.299 e. The van der Waals surface area contributed by atoms with Crippen molar-refractivity contribution in [3.63, 3.8) is 0 Å². The Labute approximate surface area is 122 Å². The van der Waals surface area contributed by atoms with Gasteiger partial charge in [-0.05, 0) is 57.8 Å². The molecule has 0 radical (unpaired) electrons. The zero-order valence-electron chi connectivity index (χ0n) is 12.4. The number of carbonyl (C=O) groups is 2. The first-order chi connectivity index (χ1) is 9.75. The topological polar surface area (TPSA) is 34.1 Å². The monoisotopic (exact) mass is 274 g/mol. The molecule has 0 aromatic rings. The Balaban J connectivity index is 1.65. The summed E-state index contributed by atoms with van der Waals surface area (Å²) in [6.07, 6.45) is 14.1. The number of Topliss-reactive ketones (excluding diaryl/α,β-unsaturated/α-hetero) is 2. The molecule has 0 N–H and O–H groups in total. The smallest absolute Gasteiger partial charge is 0.143 e. The summed E-state index contributed by atoms with van der Waals surface area (Å²) in [7, 11) is 0. The minimum Gasteiger partial charge on any atom is -0.299 e. The van der Waals surface area contributed by atoms with Gasteiger partial charge in [0.05, 0.1) is 0 Å². The van der Waals surface area contributed by atoms with Crippen LogP contribution in [0.5, 0.6) is 0 Å². The first-order valence-electron chi connectivity index (χ1n) is 8.51. The standard InChI is InChI=1S/C18H26O2/c19-17-11-5-8-14(17)12-15-9-4-10-16(18(15)20)13-6-2-1-3-7-13/h6,14-16H,1-5,7-12H2/t14-,15-,16+/m0/s1. The number of hydrogen-bond acceptors (Lipinski definition) is 2. The lowest BCUT2D eigenvalue weighted by atomic mass is 9.71. The highest BCUT2D eigenvalue weighted by atomic mass is 16.1. The molecule has 0 saturated heterocycles. The lowest BCUT2D eigenvalue weighted by Crippen LogP contribution is -2.32. The van der Waals surface area contributed by atoms with Crippen LogP contribution in [0.15, 0.2) is 11.6 Å². The normalized spacial score (nSPS) is 35.2. The third-order valence-corrected chi connectivity index (χ3v) is 5.57. The Morgan fingerprint density at radius 2 is 1.75 bits per heavy atom. The maximum atomic E-state index is 12.8. The molecule has 2 heteroatoms. The summed E-state index contributed by atoms with van der Waals surface area (Å²) in [4.78, 5) is 24.6. The van der Waals surface area contributed by atoms with Crippen LogP contribution in [-0.2, 0) is 9.59 Å². The van der Waals surface area contributed by atoms with Gasteiger partial charge < -0.3 is 0 Å². The van der Waals surface area contributed by atoms with Gasteiger partial charge in [-0.1, -0.05) is 18.1 Å². The van der Waals surface area contributed by atoms with Crippen LogP contribution in [0.3, 0.4) is 0 Å². The molecular formula is C18H26O2. The summed E-state index contributed by atoms with van der Waals surface area (Å²) < 4.78 is 0. The average molecular weight is 274 g/mol. The maximum absolute atomic E-state index is 12.8. The summed E-state index contributed by atoms with van der Waals surface area (Å²) in [5.41, 5.74) is 1.42. The molecule has 3 atom stereocenters. The van der Waals surface area contributed by atoms with Crippen LogP contribution in [0.1, 0.15) is 70.6 Å². The van der Waals surface area contributed by atoms with E-state index in [0.29, 0.717) is 11.6 Å². The predicted molar refractivity (Wildman–Crippen MR) is 79.4 cm³/mol. The Kier molecular flexibility index (Phi) is 4.38. The molecule has 0 unspecified atom stereocenters. The molecule has 20 heavy (non-hydrogen) atoms. The van der Waals surface area contributed by atoms with Crippen molar-refractivity contribution in [2.45, 2.75) is 70.6 Å². The lowest BCUT2D eigenvalue weighted by molar-refractivity contribution is -0.129. The fraction of sp³-hybridized carbons (Fsp3) is 0.778. The van der Waals surface area contributed by atoms with Crippen molar-refractivity contribution in [2.24, 2.45) is 17.8 Å². The molecule has 2 fully saturated rings. The fourth-order valence-corrected chi connectivity index (χ4v) is 4.40. The number of allylic oxidation sites excluding steroid dienone is 2. The minimum atomic E-state index is 0.170. The van der Waals surface area contributed by atoms with Gasteiger partial charge in [-0.2, -0.15) is 0 Å². The predicted octanol–water partition coefficient (Wildman–Crippen LogP) is 4.23. The van der Waals surface area contributed by atoms with Crippen molar-refractivity contribution in [1.82, 2.24) is 0 Å². The quantitative estimate of drug-likeness (QED) is 0.722. The summed E-state index contributed by atoms with van der Waals surface area (Å²) >= 11 is 0. The van der Waals surface area contributed by atoms with E-state index in [-0.39, 0.29) is 17.8 Å². The molecule has 0 aliphatic heterocycles. The molecule has 3 aliphatic carbocycles. The van der Waals surface area contributed by atoms with Crippen LogP contribution in [0.2, 0.25) is 0 Å². The van der Waals surface area contributed by atoms with Crippen molar-refractivity contribution in [3.05, 3.63) is 11.6 Å². The Bertz CT molecular complexity index is 421. The van der Waals surface area contributed by atoms with Crippen LogP contribution in [0.25, 0.3) is 0 Å². The summed E-state index contributed by atoms with van der Waals surface area (Å²) in [5.74, 6) is 1.44. The first kappa shape index (κ1) is 14.0. The van der Waals surface area contributed by atoms with Crippen LogP contribution in [0, 0.1) is 17.8 Å². The molecule has 110 valence electrons. The second-order valence-corrected chi connectivity index (χ2v) is 6.90. The van der Waals surface area contributed by atoms with E-state index in [2.05, 4.69) is 6.08 Å². The molecule has 0 aromatic carbocycles. The molecule has 0 spiro atoms. The molecular weight excluding hydrogens is 248 g/mol. The highest BCUT2D eigenvalue weighted by Gasteiger charge is 2.36. The van der Waals surface area contributed by atoms with Gasteiger partial charge >= 0.3 is 0 Å². The van der Waals surface area contributed by atoms with Gasteiger partial charge in [-0.25, -0.2) is 0 Å². The van der Waals surface area contributed by atoms with Crippen molar-refractivity contribution in [2.75, 3.05) is 0 Å². The summed E-state index contributed by atoms with van der Waals surface area (Å²) in [5, 5.41) is 0. The van der Waals surface area contributed by atoms with Gasteiger partial charge in [0.15, 0.2) is 0 Å².